The first-order chi connectivity index (χ1) is 16.8. The molecule has 1 aliphatic heterocycles. The first-order valence-corrected chi connectivity index (χ1v) is 11.6. The molecular formula is C28H29NO6. The van der Waals surface area contributed by atoms with Crippen molar-refractivity contribution < 1.29 is 28.6 Å². The molecule has 7 heteroatoms. The number of carbonyl (C=O) groups is 2. The molecule has 1 fully saturated rings. The maximum atomic E-state index is 13.4. The Balaban J connectivity index is 1.93. The number of amides is 1. The van der Waals surface area contributed by atoms with Gasteiger partial charge in [0.15, 0.2) is 0 Å². The molecule has 2 heterocycles. The number of ether oxygens (including phenoxy) is 2. The van der Waals surface area contributed by atoms with E-state index in [4.69, 9.17) is 13.9 Å². The van der Waals surface area contributed by atoms with Gasteiger partial charge < -0.3 is 19.0 Å². The van der Waals surface area contributed by atoms with Gasteiger partial charge in [-0.2, -0.15) is 0 Å². The first-order valence-electron chi connectivity index (χ1n) is 11.6. The quantitative estimate of drug-likeness (QED) is 0.271. The summed E-state index contributed by atoms with van der Waals surface area (Å²) >= 11 is 0. The predicted molar refractivity (Wildman–Crippen MR) is 133 cm³/mol. The van der Waals surface area contributed by atoms with E-state index in [1.54, 1.807) is 43.3 Å². The van der Waals surface area contributed by atoms with Crippen LogP contribution in [0.5, 0.6) is 11.5 Å². The Hall–Kier alpha value is -4.00. The molecule has 0 bridgehead atoms. The average Bonchev–Trinajstić information content (AvgIpc) is 3.37. The van der Waals surface area contributed by atoms with Gasteiger partial charge in [0.05, 0.1) is 24.4 Å². The van der Waals surface area contributed by atoms with E-state index < -0.39 is 17.7 Å². The highest BCUT2D eigenvalue weighted by molar-refractivity contribution is 6.51. The van der Waals surface area contributed by atoms with Crippen LogP contribution in [-0.2, 0) is 9.59 Å². The highest BCUT2D eigenvalue weighted by atomic mass is 16.5. The van der Waals surface area contributed by atoms with Crippen molar-refractivity contribution in [3.05, 3.63) is 82.3 Å². The Morgan fingerprint density at radius 3 is 2.31 bits per heavy atom. The summed E-state index contributed by atoms with van der Waals surface area (Å²) in [6.07, 6.45) is 0. The minimum atomic E-state index is -0.938. The highest BCUT2D eigenvalue weighted by Gasteiger charge is 2.48. The van der Waals surface area contributed by atoms with Crippen LogP contribution in [0, 0.1) is 20.8 Å². The van der Waals surface area contributed by atoms with Crippen molar-refractivity contribution in [1.29, 1.82) is 0 Å². The second-order valence-corrected chi connectivity index (χ2v) is 8.41. The maximum Gasteiger partial charge on any atom is 0.300 e. The van der Waals surface area contributed by atoms with Crippen LogP contribution < -0.4 is 14.4 Å². The SMILES string of the molecule is CCOc1ccc(/C(O)=C2/C(=O)C(=O)N(c3ccc(C)c(C)c3)C2c2ccc(C)o2)c(OCC)c1. The van der Waals surface area contributed by atoms with Crippen molar-refractivity contribution in [3.8, 4) is 11.5 Å². The van der Waals surface area contributed by atoms with Gasteiger partial charge >= 0.3 is 0 Å². The summed E-state index contributed by atoms with van der Waals surface area (Å²) in [5.41, 5.74) is 2.81. The maximum absolute atomic E-state index is 13.4. The topological polar surface area (TPSA) is 89.2 Å². The molecule has 0 saturated carbocycles. The molecule has 0 aliphatic carbocycles. The van der Waals surface area contributed by atoms with Crippen molar-refractivity contribution in [1.82, 2.24) is 0 Å². The number of hydrogen-bond donors (Lipinski definition) is 1. The number of aliphatic hydroxyl groups excluding tert-OH is 1. The molecule has 2 aromatic carbocycles. The van der Waals surface area contributed by atoms with Gasteiger partial charge in [-0.05, 0) is 82.1 Å². The van der Waals surface area contributed by atoms with Crippen LogP contribution in [0.1, 0.15) is 48.1 Å². The lowest BCUT2D eigenvalue weighted by molar-refractivity contribution is -0.132. The average molecular weight is 476 g/mol. The van der Waals surface area contributed by atoms with Crippen LogP contribution in [0.4, 0.5) is 5.69 Å². The number of anilines is 1. The molecule has 35 heavy (non-hydrogen) atoms. The third-order valence-electron chi connectivity index (χ3n) is 6.06. The number of rotatable bonds is 7. The lowest BCUT2D eigenvalue weighted by Crippen LogP contribution is -2.29. The number of ketones is 1. The summed E-state index contributed by atoms with van der Waals surface area (Å²) in [7, 11) is 0. The smallest absolute Gasteiger partial charge is 0.300 e. The number of benzene rings is 2. The molecule has 1 N–H and O–H groups in total. The van der Waals surface area contributed by atoms with Crippen LogP contribution in [0.15, 0.2) is 58.5 Å². The number of furan rings is 1. The number of aryl methyl sites for hydroxylation is 3. The number of aliphatic hydroxyl groups is 1. The molecule has 182 valence electrons. The van der Waals surface area contributed by atoms with Gasteiger partial charge in [-0.15, -0.1) is 0 Å². The van der Waals surface area contributed by atoms with Crippen molar-refractivity contribution in [2.75, 3.05) is 18.1 Å². The van der Waals surface area contributed by atoms with E-state index in [1.165, 1.54) is 4.90 Å². The Bertz CT molecular complexity index is 1320. The Labute approximate surface area is 204 Å². The fraction of sp³-hybridized carbons (Fsp3) is 0.286. The Morgan fingerprint density at radius 1 is 0.943 bits per heavy atom. The third-order valence-corrected chi connectivity index (χ3v) is 6.06. The van der Waals surface area contributed by atoms with Crippen LogP contribution in [0.25, 0.3) is 5.76 Å². The van der Waals surface area contributed by atoms with E-state index >= 15 is 0 Å². The number of carbonyl (C=O) groups excluding carboxylic acids is 2. The van der Waals surface area contributed by atoms with Crippen molar-refractivity contribution in [2.45, 2.75) is 40.7 Å². The van der Waals surface area contributed by atoms with Gasteiger partial charge in [-0.25, -0.2) is 0 Å². The largest absolute Gasteiger partial charge is 0.507 e. The zero-order valence-electron chi connectivity index (χ0n) is 20.5. The van der Waals surface area contributed by atoms with E-state index in [-0.39, 0.29) is 11.3 Å². The Kier molecular flexibility index (Phi) is 6.69. The molecule has 1 saturated heterocycles. The molecule has 0 spiro atoms. The predicted octanol–water partition coefficient (Wildman–Crippen LogP) is 5.63. The van der Waals surface area contributed by atoms with Crippen molar-refractivity contribution in [2.24, 2.45) is 0 Å². The molecule has 1 amide bonds. The third kappa shape index (κ3) is 4.41. The lowest BCUT2D eigenvalue weighted by atomic mass is 9.98. The van der Waals surface area contributed by atoms with E-state index in [0.717, 1.165) is 11.1 Å². The zero-order chi connectivity index (χ0) is 25.3. The molecule has 0 radical (unpaired) electrons. The highest BCUT2D eigenvalue weighted by Crippen LogP contribution is 2.44. The lowest BCUT2D eigenvalue weighted by Gasteiger charge is -2.24. The molecule has 3 aromatic rings. The van der Waals surface area contributed by atoms with E-state index in [9.17, 15) is 14.7 Å². The van der Waals surface area contributed by atoms with Crippen LogP contribution >= 0.6 is 0 Å². The fourth-order valence-corrected chi connectivity index (χ4v) is 4.22. The van der Waals surface area contributed by atoms with Gasteiger partial charge in [0.1, 0.15) is 34.8 Å². The van der Waals surface area contributed by atoms with E-state index in [1.807, 2.05) is 39.8 Å². The molecule has 1 aliphatic rings. The Morgan fingerprint density at radius 2 is 1.69 bits per heavy atom. The molecule has 1 unspecified atom stereocenters. The minimum absolute atomic E-state index is 0.0623. The second kappa shape index (κ2) is 9.70. The van der Waals surface area contributed by atoms with Crippen molar-refractivity contribution >= 4 is 23.1 Å². The monoisotopic (exact) mass is 475 g/mol. The molecule has 1 atom stereocenters. The van der Waals surface area contributed by atoms with E-state index in [0.29, 0.717) is 47.5 Å². The first kappa shape index (κ1) is 24.1. The minimum Gasteiger partial charge on any atom is -0.507 e. The number of nitrogens with zero attached hydrogens (tertiary/aromatic N) is 1. The van der Waals surface area contributed by atoms with Gasteiger partial charge in [0.25, 0.3) is 11.7 Å². The normalized spacial score (nSPS) is 17.2. The number of hydrogen-bond acceptors (Lipinski definition) is 6. The summed E-state index contributed by atoms with van der Waals surface area (Å²) < 4.78 is 17.2. The zero-order valence-corrected chi connectivity index (χ0v) is 20.5. The molecule has 7 nitrogen and oxygen atoms in total. The van der Waals surface area contributed by atoms with Gasteiger partial charge in [-0.1, -0.05) is 6.07 Å². The van der Waals surface area contributed by atoms with Crippen LogP contribution in [-0.4, -0.2) is 30.0 Å². The summed E-state index contributed by atoms with van der Waals surface area (Å²) in [5.74, 6) is 0.0604. The molecule has 4 rings (SSSR count). The summed E-state index contributed by atoms with van der Waals surface area (Å²) in [6.45, 7) is 10.2. The fourth-order valence-electron chi connectivity index (χ4n) is 4.22. The second-order valence-electron chi connectivity index (χ2n) is 8.41. The summed E-state index contributed by atoms with van der Waals surface area (Å²) in [6, 6.07) is 13.1. The standard InChI is InChI=1S/C28H29NO6/c1-6-33-20-11-12-21(23(15-20)34-7-2)26(30)24-25(22-13-9-18(5)35-22)29(28(32)27(24)31)19-10-8-16(3)17(4)14-19/h8-15,25,30H,6-7H2,1-5H3/b26-24-. The number of Topliss-reactive ketones (excluding diaryl/α,β-unsaturated/α-hetero) is 1. The van der Waals surface area contributed by atoms with Crippen LogP contribution in [0.3, 0.4) is 0 Å². The van der Waals surface area contributed by atoms with Crippen molar-refractivity contribution in [3.63, 3.8) is 0 Å². The van der Waals surface area contributed by atoms with Gasteiger partial charge in [-0.3, -0.25) is 14.5 Å². The molecular weight excluding hydrogens is 446 g/mol. The summed E-state index contributed by atoms with van der Waals surface area (Å²) in [4.78, 5) is 28.1. The van der Waals surface area contributed by atoms with Crippen LogP contribution in [0.2, 0.25) is 0 Å². The molecule has 1 aromatic heterocycles. The summed E-state index contributed by atoms with van der Waals surface area (Å²) in [5, 5.41) is 11.5. The van der Waals surface area contributed by atoms with Gasteiger partial charge in [0.2, 0.25) is 0 Å². The van der Waals surface area contributed by atoms with E-state index in [2.05, 4.69) is 0 Å². The van der Waals surface area contributed by atoms with Gasteiger partial charge in [0, 0.05) is 11.8 Å².